The van der Waals surface area contributed by atoms with Gasteiger partial charge in [-0.05, 0) is 55.3 Å². The first-order valence-electron chi connectivity index (χ1n) is 9.41. The molecule has 0 radical (unpaired) electrons. The summed E-state index contributed by atoms with van der Waals surface area (Å²) < 4.78 is 26.9. The van der Waals surface area contributed by atoms with Gasteiger partial charge in [0.25, 0.3) is 15.9 Å². The van der Waals surface area contributed by atoms with E-state index in [0.29, 0.717) is 5.69 Å². The first-order chi connectivity index (χ1) is 14.2. The minimum absolute atomic E-state index is 0.168. The lowest BCUT2D eigenvalue weighted by Gasteiger charge is -2.21. The number of anilines is 1. The number of hydrogen-bond donors (Lipinski definition) is 1. The molecule has 0 fully saturated rings. The van der Waals surface area contributed by atoms with Crippen molar-refractivity contribution >= 4 is 33.2 Å². The smallest absolute Gasteiger partial charge is 0.264 e. The van der Waals surface area contributed by atoms with Crippen LogP contribution in [0, 0.1) is 6.92 Å². The number of aryl methyl sites for hydroxylation is 1. The molecule has 3 aromatic carbocycles. The minimum Gasteiger partial charge on any atom is -0.345 e. The van der Waals surface area contributed by atoms with Crippen LogP contribution in [0.4, 0.5) is 5.69 Å². The van der Waals surface area contributed by atoms with E-state index in [9.17, 15) is 13.2 Å². The number of sulfonamides is 1. The Bertz CT molecular complexity index is 1160. The molecule has 1 amide bonds. The molecule has 0 spiro atoms. The highest BCUT2D eigenvalue weighted by Gasteiger charge is 2.23. The van der Waals surface area contributed by atoms with E-state index in [-0.39, 0.29) is 27.4 Å². The minimum atomic E-state index is -3.76. The number of benzene rings is 3. The highest BCUT2D eigenvalue weighted by atomic mass is 35.5. The van der Waals surface area contributed by atoms with E-state index in [2.05, 4.69) is 5.32 Å². The fourth-order valence-corrected chi connectivity index (χ4v) is 4.61. The molecule has 3 aromatic rings. The average Bonchev–Trinajstić information content (AvgIpc) is 2.74. The summed E-state index contributed by atoms with van der Waals surface area (Å²) in [5, 5.41) is 3.19. The highest BCUT2D eigenvalue weighted by Crippen LogP contribution is 2.27. The van der Waals surface area contributed by atoms with Crippen LogP contribution in [-0.4, -0.2) is 21.4 Å². The van der Waals surface area contributed by atoms with Gasteiger partial charge < -0.3 is 5.32 Å². The van der Waals surface area contributed by atoms with E-state index in [4.69, 9.17) is 11.6 Å². The summed E-state index contributed by atoms with van der Waals surface area (Å²) in [4.78, 5) is 13.1. The summed E-state index contributed by atoms with van der Waals surface area (Å²) in [6, 6.07) is 20.3. The molecule has 156 valence electrons. The zero-order valence-electron chi connectivity index (χ0n) is 17.0. The lowest BCUT2D eigenvalue weighted by atomic mass is 10.0. The first kappa shape index (κ1) is 21.9. The number of nitrogens with zero attached hydrogens (tertiary/aromatic N) is 1. The van der Waals surface area contributed by atoms with Gasteiger partial charge in [-0.1, -0.05) is 54.1 Å². The van der Waals surface area contributed by atoms with Crippen LogP contribution in [0.2, 0.25) is 5.02 Å². The number of amides is 1. The largest absolute Gasteiger partial charge is 0.345 e. The molecule has 0 aliphatic carbocycles. The van der Waals surface area contributed by atoms with Crippen molar-refractivity contribution in [2.24, 2.45) is 0 Å². The molecule has 3 rings (SSSR count). The molecule has 30 heavy (non-hydrogen) atoms. The van der Waals surface area contributed by atoms with Crippen LogP contribution in [0.15, 0.2) is 77.7 Å². The van der Waals surface area contributed by atoms with Gasteiger partial charge in [-0.3, -0.25) is 9.10 Å². The van der Waals surface area contributed by atoms with E-state index < -0.39 is 10.0 Å². The lowest BCUT2D eigenvalue weighted by molar-refractivity contribution is 0.0940. The first-order valence-corrected chi connectivity index (χ1v) is 11.2. The van der Waals surface area contributed by atoms with Crippen LogP contribution in [0.5, 0.6) is 0 Å². The van der Waals surface area contributed by atoms with E-state index in [1.54, 1.807) is 24.3 Å². The fourth-order valence-electron chi connectivity index (χ4n) is 3.20. The molecule has 0 aliphatic heterocycles. The number of hydrogen-bond acceptors (Lipinski definition) is 3. The Morgan fingerprint density at radius 1 is 1.00 bits per heavy atom. The van der Waals surface area contributed by atoms with Crippen molar-refractivity contribution in [1.29, 1.82) is 0 Å². The van der Waals surface area contributed by atoms with Gasteiger partial charge in [0, 0.05) is 7.05 Å². The zero-order chi connectivity index (χ0) is 21.9. The third-order valence-electron chi connectivity index (χ3n) is 4.96. The molecule has 5 nitrogen and oxygen atoms in total. The van der Waals surface area contributed by atoms with Crippen molar-refractivity contribution in [3.63, 3.8) is 0 Å². The Morgan fingerprint density at radius 3 is 2.30 bits per heavy atom. The van der Waals surface area contributed by atoms with E-state index in [1.165, 1.54) is 31.3 Å². The molecular formula is C23H23ClN2O3S. The number of carbonyl (C=O) groups is 1. The molecule has 0 saturated carbocycles. The number of carbonyl (C=O) groups excluding carboxylic acids is 1. The van der Waals surface area contributed by atoms with Crippen molar-refractivity contribution in [1.82, 2.24) is 5.32 Å². The van der Waals surface area contributed by atoms with Crippen molar-refractivity contribution in [2.75, 3.05) is 11.4 Å². The Morgan fingerprint density at radius 2 is 1.63 bits per heavy atom. The number of halogens is 1. The van der Waals surface area contributed by atoms with Gasteiger partial charge in [0.05, 0.1) is 27.2 Å². The fraction of sp³-hybridized carbons (Fsp3) is 0.174. The molecule has 0 bridgehead atoms. The number of rotatable bonds is 6. The quantitative estimate of drug-likeness (QED) is 0.586. The molecule has 1 atom stereocenters. The molecule has 7 heteroatoms. The molecular weight excluding hydrogens is 420 g/mol. The van der Waals surface area contributed by atoms with Crippen molar-refractivity contribution in [2.45, 2.75) is 24.8 Å². The molecule has 0 heterocycles. The van der Waals surface area contributed by atoms with E-state index in [1.807, 2.05) is 38.1 Å². The Balaban J connectivity index is 1.88. The molecule has 0 saturated heterocycles. The summed E-state index contributed by atoms with van der Waals surface area (Å²) in [6.45, 7) is 3.87. The standard InChI is InChI=1S/C23H23ClN2O3S/c1-16-9-7-8-12-20(16)17(2)25-23(27)21-15-18(13-14-22(21)24)26(3)30(28,29)19-10-5-4-6-11-19/h4-15,17H,1-3H3,(H,25,27)/t17-/m1/s1. The maximum Gasteiger partial charge on any atom is 0.264 e. The van der Waals surface area contributed by atoms with Crippen molar-refractivity contribution < 1.29 is 13.2 Å². The van der Waals surface area contributed by atoms with Crippen LogP contribution in [0.25, 0.3) is 0 Å². The maximum absolute atomic E-state index is 12.9. The van der Waals surface area contributed by atoms with E-state index >= 15 is 0 Å². The average molecular weight is 443 g/mol. The Hall–Kier alpha value is -2.83. The van der Waals surface area contributed by atoms with Crippen LogP contribution in [-0.2, 0) is 10.0 Å². The number of nitrogens with one attached hydrogen (secondary N) is 1. The molecule has 0 aliphatic rings. The van der Waals surface area contributed by atoms with Crippen molar-refractivity contribution in [3.8, 4) is 0 Å². The van der Waals surface area contributed by atoms with Crippen molar-refractivity contribution in [3.05, 3.63) is 94.5 Å². The summed E-state index contributed by atoms with van der Waals surface area (Å²) in [5.74, 6) is -0.372. The van der Waals surface area contributed by atoms with Gasteiger partial charge in [-0.25, -0.2) is 8.42 Å². The summed E-state index contributed by atoms with van der Waals surface area (Å²) in [7, 11) is -2.31. The second kappa shape index (κ2) is 8.90. The van der Waals surface area contributed by atoms with Crippen LogP contribution >= 0.6 is 11.6 Å². The van der Waals surface area contributed by atoms with Crippen LogP contribution in [0.1, 0.15) is 34.5 Å². The monoisotopic (exact) mass is 442 g/mol. The highest BCUT2D eigenvalue weighted by molar-refractivity contribution is 7.92. The van der Waals surface area contributed by atoms with Crippen LogP contribution < -0.4 is 9.62 Å². The SMILES string of the molecule is Cc1ccccc1[C@@H](C)NC(=O)c1cc(N(C)S(=O)(=O)c2ccccc2)ccc1Cl. The van der Waals surface area contributed by atoms with E-state index in [0.717, 1.165) is 15.4 Å². The van der Waals surface area contributed by atoms with Gasteiger partial charge in [-0.15, -0.1) is 0 Å². The Labute approximate surface area is 182 Å². The zero-order valence-corrected chi connectivity index (χ0v) is 18.5. The van der Waals surface area contributed by atoms with Gasteiger partial charge in [0.2, 0.25) is 0 Å². The van der Waals surface area contributed by atoms with Gasteiger partial charge in [0.15, 0.2) is 0 Å². The second-order valence-corrected chi connectivity index (χ2v) is 9.38. The van der Waals surface area contributed by atoms with Crippen LogP contribution in [0.3, 0.4) is 0 Å². The summed E-state index contributed by atoms with van der Waals surface area (Å²) >= 11 is 6.26. The molecule has 1 N–H and O–H groups in total. The summed E-state index contributed by atoms with van der Waals surface area (Å²) in [6.07, 6.45) is 0. The van der Waals surface area contributed by atoms with Gasteiger partial charge in [0.1, 0.15) is 0 Å². The Kier molecular flexibility index (Phi) is 6.48. The third kappa shape index (κ3) is 4.50. The lowest BCUT2D eigenvalue weighted by Crippen LogP contribution is -2.29. The second-order valence-electron chi connectivity index (χ2n) is 7.00. The molecule has 0 unspecified atom stereocenters. The molecule has 0 aromatic heterocycles. The predicted octanol–water partition coefficient (Wildman–Crippen LogP) is 4.96. The maximum atomic E-state index is 12.9. The third-order valence-corrected chi connectivity index (χ3v) is 7.09. The van der Waals surface area contributed by atoms with Gasteiger partial charge in [-0.2, -0.15) is 0 Å². The topological polar surface area (TPSA) is 66.5 Å². The normalized spacial score (nSPS) is 12.3. The van der Waals surface area contributed by atoms with Gasteiger partial charge >= 0.3 is 0 Å². The summed E-state index contributed by atoms with van der Waals surface area (Å²) in [5.41, 5.74) is 2.63. The predicted molar refractivity (Wildman–Crippen MR) is 121 cm³/mol.